The molecule has 0 bridgehead atoms. The zero-order valence-corrected chi connectivity index (χ0v) is 8.98. The van der Waals surface area contributed by atoms with Crippen molar-refractivity contribution in [3.05, 3.63) is 0 Å². The average molecular weight is 217 g/mol. The molecule has 0 aromatic carbocycles. The predicted molar refractivity (Wildman–Crippen MR) is 54.8 cm³/mol. The molecule has 1 aliphatic heterocycles. The predicted octanol–water partition coefficient (Wildman–Crippen LogP) is -1.55. The maximum absolute atomic E-state index is 11.1. The van der Waals surface area contributed by atoms with Crippen LogP contribution < -0.4 is 11.3 Å². The zero-order chi connectivity index (χ0) is 11.3. The summed E-state index contributed by atoms with van der Waals surface area (Å²) in [6.45, 7) is 3.90. The number of nitrogens with two attached hydrogens (primary N) is 1. The van der Waals surface area contributed by atoms with Crippen LogP contribution in [0.3, 0.4) is 0 Å². The topological polar surface area (TPSA) is 87.8 Å². The summed E-state index contributed by atoms with van der Waals surface area (Å²) in [6, 6.07) is 0.0499. The molecule has 0 aromatic rings. The molecular formula is C9H19N3O3. The lowest BCUT2D eigenvalue weighted by atomic mass is 10.1. The van der Waals surface area contributed by atoms with E-state index >= 15 is 0 Å². The summed E-state index contributed by atoms with van der Waals surface area (Å²) >= 11 is 0. The fourth-order valence-corrected chi connectivity index (χ4v) is 1.85. The molecule has 0 aromatic heterocycles. The van der Waals surface area contributed by atoms with E-state index in [0.29, 0.717) is 19.6 Å². The first-order valence-corrected chi connectivity index (χ1v) is 5.12. The summed E-state index contributed by atoms with van der Waals surface area (Å²) < 4.78 is 5.26. The SMILES string of the molecule is CC(CC(=O)NN)N1CCOCC1CO. The molecule has 6 heteroatoms. The highest BCUT2D eigenvalue weighted by Gasteiger charge is 2.27. The van der Waals surface area contributed by atoms with Crippen molar-refractivity contribution in [2.75, 3.05) is 26.4 Å². The van der Waals surface area contributed by atoms with Crippen LogP contribution >= 0.6 is 0 Å². The number of rotatable bonds is 4. The summed E-state index contributed by atoms with van der Waals surface area (Å²) in [4.78, 5) is 13.2. The van der Waals surface area contributed by atoms with Gasteiger partial charge in [-0.2, -0.15) is 0 Å². The molecule has 1 aliphatic rings. The van der Waals surface area contributed by atoms with Gasteiger partial charge in [-0.3, -0.25) is 15.1 Å². The monoisotopic (exact) mass is 217 g/mol. The summed E-state index contributed by atoms with van der Waals surface area (Å²) in [6.07, 6.45) is 0.340. The Bertz CT molecular complexity index is 213. The first kappa shape index (κ1) is 12.4. The number of aliphatic hydroxyl groups excluding tert-OH is 1. The number of nitrogens with one attached hydrogen (secondary N) is 1. The molecule has 6 nitrogen and oxygen atoms in total. The number of carbonyl (C=O) groups is 1. The molecule has 0 spiro atoms. The van der Waals surface area contributed by atoms with Crippen LogP contribution in [0.25, 0.3) is 0 Å². The van der Waals surface area contributed by atoms with Gasteiger partial charge in [0.1, 0.15) is 0 Å². The van der Waals surface area contributed by atoms with Gasteiger partial charge < -0.3 is 9.84 Å². The highest BCUT2D eigenvalue weighted by molar-refractivity contribution is 5.75. The third kappa shape index (κ3) is 3.42. The normalized spacial score (nSPS) is 24.9. The van der Waals surface area contributed by atoms with Crippen LogP contribution in [-0.2, 0) is 9.53 Å². The van der Waals surface area contributed by atoms with Crippen molar-refractivity contribution in [1.29, 1.82) is 0 Å². The van der Waals surface area contributed by atoms with Crippen LogP contribution in [-0.4, -0.2) is 54.4 Å². The first-order chi connectivity index (χ1) is 7.19. The number of hydrogen-bond acceptors (Lipinski definition) is 5. The Balaban J connectivity index is 2.47. The van der Waals surface area contributed by atoms with E-state index in [9.17, 15) is 4.79 Å². The maximum atomic E-state index is 11.1. The zero-order valence-electron chi connectivity index (χ0n) is 8.98. The van der Waals surface area contributed by atoms with Crippen molar-refractivity contribution in [3.8, 4) is 0 Å². The standard InChI is InChI=1S/C9H19N3O3/c1-7(4-9(14)11-10)12-2-3-15-6-8(12)5-13/h7-8,13H,2-6,10H2,1H3,(H,11,14). The summed E-state index contributed by atoms with van der Waals surface area (Å²) in [5.41, 5.74) is 2.11. The number of carbonyl (C=O) groups excluding carboxylic acids is 1. The first-order valence-electron chi connectivity index (χ1n) is 5.12. The van der Waals surface area contributed by atoms with Gasteiger partial charge in [-0.05, 0) is 6.92 Å². The lowest BCUT2D eigenvalue weighted by Gasteiger charge is -2.38. The van der Waals surface area contributed by atoms with Crippen molar-refractivity contribution in [2.24, 2.45) is 5.84 Å². The number of morpholine rings is 1. The third-order valence-corrected chi connectivity index (χ3v) is 2.69. The summed E-state index contributed by atoms with van der Waals surface area (Å²) in [7, 11) is 0. The minimum absolute atomic E-state index is 0.0145. The molecule has 1 amide bonds. The number of nitrogens with zero attached hydrogens (tertiary/aromatic N) is 1. The molecule has 2 unspecified atom stereocenters. The second kappa shape index (κ2) is 6.02. The highest BCUT2D eigenvalue weighted by Crippen LogP contribution is 2.13. The highest BCUT2D eigenvalue weighted by atomic mass is 16.5. The van der Waals surface area contributed by atoms with Crippen LogP contribution in [0.2, 0.25) is 0 Å². The molecule has 4 N–H and O–H groups in total. The lowest BCUT2D eigenvalue weighted by Crippen LogP contribution is -2.52. The molecule has 0 radical (unpaired) electrons. The Morgan fingerprint density at radius 3 is 3.13 bits per heavy atom. The summed E-state index contributed by atoms with van der Waals surface area (Å²) in [5.74, 6) is 4.84. The number of hydrazine groups is 1. The number of ether oxygens (including phenoxy) is 1. The second-order valence-electron chi connectivity index (χ2n) is 3.77. The molecule has 88 valence electrons. The van der Waals surface area contributed by atoms with Crippen molar-refractivity contribution in [2.45, 2.75) is 25.4 Å². The van der Waals surface area contributed by atoms with Crippen molar-refractivity contribution in [3.63, 3.8) is 0 Å². The van der Waals surface area contributed by atoms with Crippen LogP contribution in [0.15, 0.2) is 0 Å². The van der Waals surface area contributed by atoms with Crippen molar-refractivity contribution in [1.82, 2.24) is 10.3 Å². The fourth-order valence-electron chi connectivity index (χ4n) is 1.85. The Labute approximate surface area is 89.3 Å². The minimum atomic E-state index is -0.189. The Hall–Kier alpha value is -0.690. The van der Waals surface area contributed by atoms with Gasteiger partial charge in [0, 0.05) is 19.0 Å². The van der Waals surface area contributed by atoms with Gasteiger partial charge in [-0.1, -0.05) is 0 Å². The lowest BCUT2D eigenvalue weighted by molar-refractivity contribution is -0.123. The molecule has 2 atom stereocenters. The van der Waals surface area contributed by atoms with Crippen LogP contribution in [0.4, 0.5) is 0 Å². The van der Waals surface area contributed by atoms with Gasteiger partial charge >= 0.3 is 0 Å². The average Bonchev–Trinajstić information content (AvgIpc) is 2.28. The number of aliphatic hydroxyl groups is 1. The summed E-state index contributed by atoms with van der Waals surface area (Å²) in [5, 5.41) is 9.15. The van der Waals surface area contributed by atoms with E-state index in [4.69, 9.17) is 15.7 Å². The fraction of sp³-hybridized carbons (Fsp3) is 0.889. The van der Waals surface area contributed by atoms with Crippen molar-refractivity contribution >= 4 is 5.91 Å². The van der Waals surface area contributed by atoms with Crippen molar-refractivity contribution < 1.29 is 14.6 Å². The molecule has 1 rings (SSSR count). The maximum Gasteiger partial charge on any atom is 0.235 e. The number of hydrogen-bond donors (Lipinski definition) is 3. The molecule has 1 fully saturated rings. The van der Waals surface area contributed by atoms with E-state index < -0.39 is 0 Å². The molecular weight excluding hydrogens is 198 g/mol. The molecule has 0 saturated carbocycles. The van der Waals surface area contributed by atoms with E-state index in [2.05, 4.69) is 10.3 Å². The van der Waals surface area contributed by atoms with Gasteiger partial charge in [0.05, 0.1) is 25.9 Å². The van der Waals surface area contributed by atoms with Gasteiger partial charge in [-0.15, -0.1) is 0 Å². The van der Waals surface area contributed by atoms with E-state index in [1.807, 2.05) is 6.92 Å². The quantitative estimate of drug-likeness (QED) is 0.301. The van der Waals surface area contributed by atoms with E-state index in [1.165, 1.54) is 0 Å². The van der Waals surface area contributed by atoms with E-state index in [-0.39, 0.29) is 24.6 Å². The Morgan fingerprint density at radius 2 is 2.53 bits per heavy atom. The third-order valence-electron chi connectivity index (χ3n) is 2.69. The smallest absolute Gasteiger partial charge is 0.235 e. The molecule has 0 aliphatic carbocycles. The Morgan fingerprint density at radius 1 is 1.80 bits per heavy atom. The van der Waals surface area contributed by atoms with Crippen LogP contribution in [0.5, 0.6) is 0 Å². The van der Waals surface area contributed by atoms with Gasteiger partial charge in [0.15, 0.2) is 0 Å². The largest absolute Gasteiger partial charge is 0.395 e. The molecule has 15 heavy (non-hydrogen) atoms. The van der Waals surface area contributed by atoms with Gasteiger partial charge in [0.25, 0.3) is 0 Å². The second-order valence-corrected chi connectivity index (χ2v) is 3.77. The minimum Gasteiger partial charge on any atom is -0.395 e. The van der Waals surface area contributed by atoms with Gasteiger partial charge in [0.2, 0.25) is 5.91 Å². The Kier molecular flexibility index (Phi) is 4.97. The van der Waals surface area contributed by atoms with Crippen LogP contribution in [0, 0.1) is 0 Å². The molecule has 1 saturated heterocycles. The van der Waals surface area contributed by atoms with E-state index in [1.54, 1.807) is 0 Å². The molecule has 1 heterocycles. The number of amides is 1. The van der Waals surface area contributed by atoms with Crippen LogP contribution in [0.1, 0.15) is 13.3 Å². The van der Waals surface area contributed by atoms with E-state index in [0.717, 1.165) is 6.54 Å². The van der Waals surface area contributed by atoms with Gasteiger partial charge in [-0.25, -0.2) is 5.84 Å².